The molecule has 1 aliphatic carbocycles. The molecule has 0 aromatic rings. The van der Waals surface area contributed by atoms with Crippen LogP contribution in [-0.4, -0.2) is 30.1 Å². The summed E-state index contributed by atoms with van der Waals surface area (Å²) in [6.07, 6.45) is 3.53. The van der Waals surface area contributed by atoms with E-state index in [2.05, 4.69) is 10.1 Å². The molecule has 3 fully saturated rings. The Hall–Kier alpha value is -0.840. The van der Waals surface area contributed by atoms with Crippen molar-refractivity contribution in [1.29, 1.82) is 0 Å². The van der Waals surface area contributed by atoms with Crippen molar-refractivity contribution < 1.29 is 8.78 Å². The second kappa shape index (κ2) is 3.57. The molecule has 0 amide bonds. The highest BCUT2D eigenvalue weighted by Crippen LogP contribution is 2.61. The summed E-state index contributed by atoms with van der Waals surface area (Å²) in [6.45, 7) is 1.89. The van der Waals surface area contributed by atoms with Crippen molar-refractivity contribution in [3.05, 3.63) is 17.1 Å². The van der Waals surface area contributed by atoms with Gasteiger partial charge in [-0.15, -0.1) is 0 Å². The van der Waals surface area contributed by atoms with Crippen LogP contribution in [0.25, 0.3) is 0 Å². The molecule has 2 aliphatic heterocycles. The van der Waals surface area contributed by atoms with Crippen molar-refractivity contribution >= 4 is 0 Å². The third-order valence-corrected chi connectivity index (χ3v) is 4.68. The van der Waals surface area contributed by atoms with E-state index in [0.29, 0.717) is 18.4 Å². The Morgan fingerprint density at radius 1 is 1.47 bits per heavy atom. The van der Waals surface area contributed by atoms with Gasteiger partial charge in [0.2, 0.25) is 0 Å². The van der Waals surface area contributed by atoms with Crippen molar-refractivity contribution in [2.75, 3.05) is 19.6 Å². The molecule has 0 bridgehead atoms. The summed E-state index contributed by atoms with van der Waals surface area (Å²) in [4.78, 5) is 12.9. The molecule has 0 radical (unpaired) electrons. The lowest BCUT2D eigenvalue weighted by Crippen LogP contribution is -2.40. The number of nitrogens with zero attached hydrogens (tertiary/aromatic N) is 2. The molecule has 2 saturated heterocycles. The molecule has 2 heterocycles. The van der Waals surface area contributed by atoms with E-state index in [0.717, 1.165) is 19.0 Å². The molecule has 3 aliphatic rings. The van der Waals surface area contributed by atoms with Crippen LogP contribution in [0.2, 0.25) is 0 Å². The van der Waals surface area contributed by atoms with Gasteiger partial charge >= 0.3 is 0 Å². The van der Waals surface area contributed by atoms with Gasteiger partial charge in [-0.25, -0.2) is 0 Å². The SMILES string of the molecule is O=NCC12CC(C=C(F)F)CN1CC1(CC1)C2. The van der Waals surface area contributed by atoms with Crippen LogP contribution in [0.15, 0.2) is 17.3 Å². The van der Waals surface area contributed by atoms with E-state index in [1.54, 1.807) is 0 Å². The second-order valence-corrected chi connectivity index (χ2v) is 5.99. The predicted molar refractivity (Wildman–Crippen MR) is 59.7 cm³/mol. The third-order valence-electron chi connectivity index (χ3n) is 4.68. The molecule has 2 atom stereocenters. The molecule has 17 heavy (non-hydrogen) atoms. The molecule has 94 valence electrons. The maximum Gasteiger partial charge on any atom is 0.266 e. The highest BCUT2D eigenvalue weighted by atomic mass is 19.3. The number of nitroso groups, excluding NO2 is 1. The van der Waals surface area contributed by atoms with Gasteiger partial charge in [0.15, 0.2) is 0 Å². The van der Waals surface area contributed by atoms with Crippen LogP contribution in [-0.2, 0) is 0 Å². The van der Waals surface area contributed by atoms with Crippen LogP contribution >= 0.6 is 0 Å². The Kier molecular flexibility index (Phi) is 2.37. The number of hydrogen-bond donors (Lipinski definition) is 0. The summed E-state index contributed by atoms with van der Waals surface area (Å²) in [6, 6.07) is 0. The minimum absolute atomic E-state index is 0.113. The van der Waals surface area contributed by atoms with Gasteiger partial charge in [-0.2, -0.15) is 13.7 Å². The van der Waals surface area contributed by atoms with E-state index >= 15 is 0 Å². The van der Waals surface area contributed by atoms with Gasteiger partial charge in [-0.3, -0.25) is 4.90 Å². The summed E-state index contributed by atoms with van der Waals surface area (Å²) in [5.41, 5.74) is 0.183. The third kappa shape index (κ3) is 1.80. The Balaban J connectivity index is 1.80. The van der Waals surface area contributed by atoms with Crippen molar-refractivity contribution in [3.63, 3.8) is 0 Å². The van der Waals surface area contributed by atoms with Crippen LogP contribution in [0.4, 0.5) is 8.78 Å². The summed E-state index contributed by atoms with van der Waals surface area (Å²) >= 11 is 0. The average molecular weight is 242 g/mol. The average Bonchev–Trinajstić information content (AvgIpc) is 2.78. The van der Waals surface area contributed by atoms with Gasteiger partial charge in [0.1, 0.15) is 0 Å². The molecule has 0 N–H and O–H groups in total. The fraction of sp³-hybridized carbons (Fsp3) is 0.833. The lowest BCUT2D eigenvalue weighted by Gasteiger charge is -2.28. The van der Waals surface area contributed by atoms with E-state index in [1.807, 2.05) is 0 Å². The van der Waals surface area contributed by atoms with Crippen LogP contribution < -0.4 is 0 Å². The molecular formula is C12H16F2N2O. The van der Waals surface area contributed by atoms with Gasteiger partial charge in [-0.1, -0.05) is 5.18 Å². The minimum Gasteiger partial charge on any atom is -0.294 e. The minimum atomic E-state index is -1.61. The van der Waals surface area contributed by atoms with Gasteiger partial charge in [0.25, 0.3) is 6.08 Å². The van der Waals surface area contributed by atoms with E-state index in [-0.39, 0.29) is 18.0 Å². The molecule has 1 spiro atoms. The van der Waals surface area contributed by atoms with Crippen molar-refractivity contribution in [2.24, 2.45) is 16.5 Å². The molecular weight excluding hydrogens is 226 g/mol. The number of fused-ring (bicyclic) bond motifs is 1. The molecule has 1 saturated carbocycles. The van der Waals surface area contributed by atoms with Gasteiger partial charge in [0.05, 0.1) is 6.54 Å². The number of rotatable bonds is 3. The first-order valence-electron chi connectivity index (χ1n) is 6.15. The summed E-state index contributed by atoms with van der Waals surface area (Å²) in [5, 5.41) is 3.06. The zero-order valence-electron chi connectivity index (χ0n) is 9.66. The highest BCUT2D eigenvalue weighted by Gasteiger charge is 2.61. The first-order chi connectivity index (χ1) is 8.07. The summed E-state index contributed by atoms with van der Waals surface area (Å²) in [7, 11) is 0. The second-order valence-electron chi connectivity index (χ2n) is 5.99. The number of halogens is 2. The van der Waals surface area contributed by atoms with Crippen LogP contribution in [0.1, 0.15) is 25.7 Å². The Labute approximate surface area is 98.8 Å². The van der Waals surface area contributed by atoms with Crippen molar-refractivity contribution in [3.8, 4) is 0 Å². The first-order valence-corrected chi connectivity index (χ1v) is 6.15. The highest BCUT2D eigenvalue weighted by molar-refractivity contribution is 5.17. The molecule has 0 aromatic carbocycles. The Morgan fingerprint density at radius 3 is 2.82 bits per heavy atom. The maximum absolute atomic E-state index is 12.3. The van der Waals surface area contributed by atoms with Crippen LogP contribution in [0.5, 0.6) is 0 Å². The molecule has 5 heteroatoms. The predicted octanol–water partition coefficient (Wildman–Crippen LogP) is 2.78. The molecule has 0 aromatic heterocycles. The monoisotopic (exact) mass is 242 g/mol. The van der Waals surface area contributed by atoms with Gasteiger partial charge < -0.3 is 0 Å². The summed E-state index contributed by atoms with van der Waals surface area (Å²) in [5.74, 6) is -0.113. The largest absolute Gasteiger partial charge is 0.294 e. The van der Waals surface area contributed by atoms with E-state index < -0.39 is 6.08 Å². The Morgan fingerprint density at radius 2 is 2.24 bits per heavy atom. The normalized spacial score (nSPS) is 38.1. The Bertz CT molecular complexity index is 377. The molecule has 2 unspecified atom stereocenters. The van der Waals surface area contributed by atoms with E-state index in [1.165, 1.54) is 12.8 Å². The summed E-state index contributed by atoms with van der Waals surface area (Å²) < 4.78 is 24.6. The zero-order chi connectivity index (χ0) is 12.1. The lowest BCUT2D eigenvalue weighted by molar-refractivity contribution is 0.204. The fourth-order valence-corrected chi connectivity index (χ4v) is 3.88. The zero-order valence-corrected chi connectivity index (χ0v) is 9.66. The van der Waals surface area contributed by atoms with E-state index in [9.17, 15) is 13.7 Å². The number of hydrogen-bond acceptors (Lipinski definition) is 3. The first kappa shape index (κ1) is 11.3. The molecule has 3 nitrogen and oxygen atoms in total. The topological polar surface area (TPSA) is 32.7 Å². The smallest absolute Gasteiger partial charge is 0.266 e. The fourth-order valence-electron chi connectivity index (χ4n) is 3.88. The van der Waals surface area contributed by atoms with Crippen LogP contribution in [0, 0.1) is 16.2 Å². The maximum atomic E-state index is 12.3. The van der Waals surface area contributed by atoms with Crippen molar-refractivity contribution in [2.45, 2.75) is 31.2 Å². The molecule has 3 rings (SSSR count). The van der Waals surface area contributed by atoms with Crippen molar-refractivity contribution in [1.82, 2.24) is 4.90 Å². The standard InChI is InChI=1S/C12H16F2N2O/c13-10(14)3-9-4-12(7-15-17)6-11(1-2-11)8-16(12)5-9/h3,9H,1-2,4-8H2. The quantitative estimate of drug-likeness (QED) is 0.713. The van der Waals surface area contributed by atoms with E-state index in [4.69, 9.17) is 0 Å². The lowest BCUT2D eigenvalue weighted by atomic mass is 9.85. The van der Waals surface area contributed by atoms with Crippen LogP contribution in [0.3, 0.4) is 0 Å². The van der Waals surface area contributed by atoms with Gasteiger partial charge in [0, 0.05) is 18.6 Å². The van der Waals surface area contributed by atoms with Gasteiger partial charge in [-0.05, 0) is 43.1 Å².